The molecule has 18 heavy (non-hydrogen) atoms. The molecule has 1 saturated carbocycles. The average molecular weight is 252 g/mol. The normalized spacial score (nSPS) is 33.3. The highest BCUT2D eigenvalue weighted by atomic mass is 15.2. The maximum Gasteiger partial charge on any atom is 0.0221 e. The summed E-state index contributed by atoms with van der Waals surface area (Å²) in [4.78, 5) is 2.81. The first-order valence-corrected chi connectivity index (χ1v) is 8.11. The van der Waals surface area contributed by atoms with Crippen LogP contribution in [0.15, 0.2) is 0 Å². The van der Waals surface area contributed by atoms with Gasteiger partial charge in [-0.1, -0.05) is 34.1 Å². The van der Waals surface area contributed by atoms with E-state index in [4.69, 9.17) is 0 Å². The third-order valence-corrected chi connectivity index (χ3v) is 5.61. The molecule has 0 aromatic heterocycles. The molecule has 3 unspecified atom stereocenters. The largest absolute Gasteiger partial charge is 0.311 e. The summed E-state index contributed by atoms with van der Waals surface area (Å²) < 4.78 is 0. The summed E-state index contributed by atoms with van der Waals surface area (Å²) in [6, 6.07) is 1.49. The Morgan fingerprint density at radius 1 is 1.28 bits per heavy atom. The zero-order chi connectivity index (χ0) is 13.2. The molecule has 1 N–H and O–H groups in total. The van der Waals surface area contributed by atoms with E-state index in [1.165, 1.54) is 51.7 Å². The number of piperazine rings is 1. The predicted molar refractivity (Wildman–Crippen MR) is 78.9 cm³/mol. The van der Waals surface area contributed by atoms with Crippen molar-refractivity contribution in [3.8, 4) is 0 Å². The van der Waals surface area contributed by atoms with Crippen molar-refractivity contribution in [2.24, 2.45) is 11.3 Å². The Morgan fingerprint density at radius 3 is 2.50 bits per heavy atom. The Kier molecular flexibility index (Phi) is 4.71. The van der Waals surface area contributed by atoms with Gasteiger partial charge in [-0.15, -0.1) is 0 Å². The molecule has 2 nitrogen and oxygen atoms in total. The van der Waals surface area contributed by atoms with Gasteiger partial charge in [-0.3, -0.25) is 4.90 Å². The molecule has 2 rings (SSSR count). The van der Waals surface area contributed by atoms with Gasteiger partial charge in [0.15, 0.2) is 0 Å². The molecule has 2 aliphatic rings. The predicted octanol–water partition coefficient (Wildman–Crippen LogP) is 3.28. The van der Waals surface area contributed by atoms with Crippen molar-refractivity contribution in [1.29, 1.82) is 0 Å². The average Bonchev–Trinajstić information content (AvgIpc) is 3.18. The van der Waals surface area contributed by atoms with Crippen molar-refractivity contribution in [3.63, 3.8) is 0 Å². The van der Waals surface area contributed by atoms with Crippen LogP contribution < -0.4 is 5.32 Å². The van der Waals surface area contributed by atoms with E-state index >= 15 is 0 Å². The maximum atomic E-state index is 3.78. The zero-order valence-corrected chi connectivity index (χ0v) is 12.8. The zero-order valence-electron chi connectivity index (χ0n) is 12.8. The summed E-state index contributed by atoms with van der Waals surface area (Å²) in [5.41, 5.74) is 0.699. The molecule has 1 heterocycles. The fourth-order valence-electron chi connectivity index (χ4n) is 3.38. The molecule has 0 bridgehead atoms. The Labute approximate surface area is 114 Å². The summed E-state index contributed by atoms with van der Waals surface area (Å²) in [6.07, 6.45) is 6.90. The van der Waals surface area contributed by atoms with Crippen LogP contribution in [0.25, 0.3) is 0 Å². The summed E-state index contributed by atoms with van der Waals surface area (Å²) in [5, 5.41) is 3.78. The Bertz CT molecular complexity index is 260. The molecule has 1 aliphatic carbocycles. The molecular formula is C16H32N2. The number of nitrogens with zero attached hydrogens (tertiary/aromatic N) is 1. The Balaban J connectivity index is 1.95. The maximum absolute atomic E-state index is 3.78. The lowest BCUT2D eigenvalue weighted by Gasteiger charge is -2.43. The van der Waals surface area contributed by atoms with Crippen molar-refractivity contribution in [1.82, 2.24) is 10.2 Å². The van der Waals surface area contributed by atoms with E-state index in [2.05, 4.69) is 37.9 Å². The van der Waals surface area contributed by atoms with E-state index < -0.39 is 0 Å². The standard InChI is InChI=1S/C16H32N2/c1-5-13(4)15-11-18(14(6-2)10-17-15)12-16(7-3)8-9-16/h13-15,17H,5-12H2,1-4H3. The van der Waals surface area contributed by atoms with Crippen LogP contribution in [0, 0.1) is 11.3 Å². The van der Waals surface area contributed by atoms with Crippen LogP contribution in [0.4, 0.5) is 0 Å². The molecule has 2 heteroatoms. The van der Waals surface area contributed by atoms with Crippen molar-refractivity contribution >= 4 is 0 Å². The van der Waals surface area contributed by atoms with Gasteiger partial charge < -0.3 is 5.32 Å². The van der Waals surface area contributed by atoms with E-state index in [9.17, 15) is 0 Å². The van der Waals surface area contributed by atoms with Crippen LogP contribution >= 0.6 is 0 Å². The lowest BCUT2D eigenvalue weighted by Crippen LogP contribution is -2.59. The van der Waals surface area contributed by atoms with Crippen molar-refractivity contribution < 1.29 is 0 Å². The molecule has 2 fully saturated rings. The van der Waals surface area contributed by atoms with Crippen molar-refractivity contribution in [2.45, 2.75) is 71.9 Å². The van der Waals surface area contributed by atoms with Gasteiger partial charge in [0.1, 0.15) is 0 Å². The molecule has 0 radical (unpaired) electrons. The smallest absolute Gasteiger partial charge is 0.0221 e. The molecular weight excluding hydrogens is 220 g/mol. The lowest BCUT2D eigenvalue weighted by molar-refractivity contribution is 0.0834. The molecule has 0 aromatic carbocycles. The van der Waals surface area contributed by atoms with Gasteiger partial charge in [0.25, 0.3) is 0 Å². The second kappa shape index (κ2) is 5.92. The molecule has 106 valence electrons. The first-order valence-electron chi connectivity index (χ1n) is 8.11. The van der Waals surface area contributed by atoms with Crippen LogP contribution in [0.2, 0.25) is 0 Å². The summed E-state index contributed by atoms with van der Waals surface area (Å²) in [6.45, 7) is 13.3. The van der Waals surface area contributed by atoms with E-state index in [0.29, 0.717) is 11.5 Å². The SMILES string of the molecule is CCC(C)C1CN(CC2(CC)CC2)C(CC)CN1. The fourth-order valence-corrected chi connectivity index (χ4v) is 3.38. The number of hydrogen-bond acceptors (Lipinski definition) is 2. The second-order valence-corrected chi connectivity index (χ2v) is 6.75. The molecule has 0 amide bonds. The molecule has 0 aromatic rings. The topological polar surface area (TPSA) is 15.3 Å². The first kappa shape index (κ1) is 14.3. The molecule has 0 spiro atoms. The highest BCUT2D eigenvalue weighted by Gasteiger charge is 2.44. The van der Waals surface area contributed by atoms with E-state index in [1.54, 1.807) is 0 Å². The van der Waals surface area contributed by atoms with Crippen LogP contribution in [0.3, 0.4) is 0 Å². The third-order valence-electron chi connectivity index (χ3n) is 5.61. The third kappa shape index (κ3) is 3.08. The lowest BCUT2D eigenvalue weighted by atomic mass is 9.93. The van der Waals surface area contributed by atoms with Crippen LogP contribution in [0.1, 0.15) is 59.8 Å². The Hall–Kier alpha value is -0.0800. The fraction of sp³-hybridized carbons (Fsp3) is 1.00. The highest BCUT2D eigenvalue weighted by Crippen LogP contribution is 2.49. The van der Waals surface area contributed by atoms with Crippen molar-refractivity contribution in [2.75, 3.05) is 19.6 Å². The minimum absolute atomic E-state index is 0.699. The number of rotatable bonds is 6. The van der Waals surface area contributed by atoms with Crippen LogP contribution in [0.5, 0.6) is 0 Å². The van der Waals surface area contributed by atoms with Crippen LogP contribution in [-0.2, 0) is 0 Å². The van der Waals surface area contributed by atoms with E-state index in [-0.39, 0.29) is 0 Å². The van der Waals surface area contributed by atoms with E-state index in [0.717, 1.165) is 12.0 Å². The highest BCUT2D eigenvalue weighted by molar-refractivity contribution is 4.98. The molecule has 1 aliphatic heterocycles. The monoisotopic (exact) mass is 252 g/mol. The summed E-state index contributed by atoms with van der Waals surface area (Å²) in [5.74, 6) is 0.807. The van der Waals surface area contributed by atoms with Gasteiger partial charge in [0, 0.05) is 31.7 Å². The molecule has 1 saturated heterocycles. The molecule has 3 atom stereocenters. The minimum Gasteiger partial charge on any atom is -0.311 e. The minimum atomic E-state index is 0.699. The van der Waals surface area contributed by atoms with Gasteiger partial charge in [-0.25, -0.2) is 0 Å². The quantitative estimate of drug-likeness (QED) is 0.780. The number of nitrogens with one attached hydrogen (secondary N) is 1. The van der Waals surface area contributed by atoms with Gasteiger partial charge in [0.05, 0.1) is 0 Å². The van der Waals surface area contributed by atoms with E-state index in [1.807, 2.05) is 0 Å². The number of hydrogen-bond donors (Lipinski definition) is 1. The van der Waals surface area contributed by atoms with Gasteiger partial charge in [-0.05, 0) is 37.0 Å². The van der Waals surface area contributed by atoms with Crippen molar-refractivity contribution in [3.05, 3.63) is 0 Å². The summed E-state index contributed by atoms with van der Waals surface area (Å²) >= 11 is 0. The first-order chi connectivity index (χ1) is 8.64. The Morgan fingerprint density at radius 2 is 2.00 bits per heavy atom. The van der Waals surface area contributed by atoms with Gasteiger partial charge in [0.2, 0.25) is 0 Å². The van der Waals surface area contributed by atoms with Gasteiger partial charge >= 0.3 is 0 Å². The summed E-state index contributed by atoms with van der Waals surface area (Å²) in [7, 11) is 0. The second-order valence-electron chi connectivity index (χ2n) is 6.75. The van der Waals surface area contributed by atoms with Gasteiger partial charge in [-0.2, -0.15) is 0 Å². The van der Waals surface area contributed by atoms with Crippen LogP contribution in [-0.4, -0.2) is 36.6 Å².